The summed E-state index contributed by atoms with van der Waals surface area (Å²) in [6, 6.07) is 1.35. The molecule has 0 aromatic carbocycles. The Labute approximate surface area is 106 Å². The van der Waals surface area contributed by atoms with Crippen LogP contribution in [-0.4, -0.2) is 48.8 Å². The van der Waals surface area contributed by atoms with Crippen molar-refractivity contribution in [1.29, 1.82) is 0 Å². The molecule has 0 aromatic heterocycles. The molecule has 2 fully saturated rings. The van der Waals surface area contributed by atoms with Crippen LogP contribution in [0.25, 0.3) is 0 Å². The molecule has 0 bridgehead atoms. The lowest BCUT2D eigenvalue weighted by Gasteiger charge is -2.46. The van der Waals surface area contributed by atoms with E-state index in [-0.39, 0.29) is 5.60 Å². The van der Waals surface area contributed by atoms with Crippen molar-refractivity contribution in [2.45, 2.75) is 70.2 Å². The lowest BCUT2D eigenvalue weighted by Crippen LogP contribution is -2.61. The highest BCUT2D eigenvalue weighted by Gasteiger charge is 2.36. The first-order valence-electron chi connectivity index (χ1n) is 7.08. The molecular formula is C14H28N2O. The Hall–Kier alpha value is -0.120. The molecule has 2 aliphatic rings. The second kappa shape index (κ2) is 5.25. The summed E-state index contributed by atoms with van der Waals surface area (Å²) >= 11 is 0. The molecule has 1 saturated heterocycles. The van der Waals surface area contributed by atoms with Gasteiger partial charge in [-0.25, -0.2) is 0 Å². The molecule has 3 nitrogen and oxygen atoms in total. The Morgan fingerprint density at radius 1 is 1.12 bits per heavy atom. The van der Waals surface area contributed by atoms with E-state index in [1.54, 1.807) is 0 Å². The van der Waals surface area contributed by atoms with Crippen LogP contribution in [-0.2, 0) is 4.74 Å². The second-order valence-corrected chi connectivity index (χ2v) is 6.60. The van der Waals surface area contributed by atoms with Gasteiger partial charge in [-0.15, -0.1) is 0 Å². The molecule has 17 heavy (non-hydrogen) atoms. The summed E-state index contributed by atoms with van der Waals surface area (Å²) in [6.07, 6.45) is 5.64. The van der Waals surface area contributed by atoms with Crippen molar-refractivity contribution in [3.8, 4) is 0 Å². The van der Waals surface area contributed by atoms with E-state index in [1.807, 2.05) is 0 Å². The predicted molar refractivity (Wildman–Crippen MR) is 71.3 cm³/mol. The quantitative estimate of drug-likeness (QED) is 0.817. The Bertz CT molecular complexity index is 245. The molecule has 0 unspecified atom stereocenters. The summed E-state index contributed by atoms with van der Waals surface area (Å²) < 4.78 is 6.27. The minimum atomic E-state index is -0.0149. The van der Waals surface area contributed by atoms with Crippen molar-refractivity contribution in [3.63, 3.8) is 0 Å². The van der Waals surface area contributed by atoms with Gasteiger partial charge in [0.1, 0.15) is 0 Å². The first-order valence-corrected chi connectivity index (χ1v) is 7.08. The maximum Gasteiger partial charge on any atom is 0.0737 e. The van der Waals surface area contributed by atoms with Crippen molar-refractivity contribution < 1.29 is 4.74 Å². The van der Waals surface area contributed by atoms with Crippen molar-refractivity contribution in [2.24, 2.45) is 0 Å². The molecule has 100 valence electrons. The van der Waals surface area contributed by atoms with Gasteiger partial charge < -0.3 is 10.1 Å². The van der Waals surface area contributed by atoms with E-state index in [2.05, 4.69) is 38.0 Å². The Balaban J connectivity index is 1.95. The lowest BCUT2D eigenvalue weighted by molar-refractivity contribution is -0.113. The number of rotatable bonds is 3. The van der Waals surface area contributed by atoms with Crippen LogP contribution in [0.3, 0.4) is 0 Å². The third kappa shape index (κ3) is 3.43. The fourth-order valence-electron chi connectivity index (χ4n) is 2.97. The van der Waals surface area contributed by atoms with E-state index in [9.17, 15) is 0 Å². The minimum absolute atomic E-state index is 0.0149. The number of nitrogens with one attached hydrogen (secondary N) is 1. The van der Waals surface area contributed by atoms with Crippen LogP contribution in [0.15, 0.2) is 0 Å². The minimum Gasteiger partial charge on any atom is -0.371 e. The molecule has 1 aliphatic carbocycles. The van der Waals surface area contributed by atoms with Crippen LogP contribution < -0.4 is 5.32 Å². The molecular weight excluding hydrogens is 212 g/mol. The zero-order chi connectivity index (χ0) is 12.5. The van der Waals surface area contributed by atoms with E-state index >= 15 is 0 Å². The zero-order valence-electron chi connectivity index (χ0n) is 11.8. The van der Waals surface area contributed by atoms with Crippen LogP contribution in [0.2, 0.25) is 0 Å². The maximum atomic E-state index is 6.27. The fraction of sp³-hybridized carbons (Fsp3) is 1.00. The van der Waals surface area contributed by atoms with Crippen molar-refractivity contribution in [1.82, 2.24) is 10.2 Å². The molecule has 2 rings (SSSR count). The smallest absolute Gasteiger partial charge is 0.0737 e. The van der Waals surface area contributed by atoms with Gasteiger partial charge >= 0.3 is 0 Å². The zero-order valence-corrected chi connectivity index (χ0v) is 11.8. The van der Waals surface area contributed by atoms with E-state index in [0.717, 1.165) is 19.1 Å². The summed E-state index contributed by atoms with van der Waals surface area (Å²) in [5.74, 6) is 0. The summed E-state index contributed by atoms with van der Waals surface area (Å²) in [5, 5.41) is 3.36. The number of hydrogen-bond donors (Lipinski definition) is 1. The standard InChI is InChI=1S/C14H28N2O/c1-14(2,3)17-13-8-6-5-7-12(13)16(4)11-9-15-10-11/h11-13,15H,5-10H2,1-4H3/t12-,13-/m0/s1. The van der Waals surface area contributed by atoms with E-state index in [1.165, 1.54) is 25.7 Å². The molecule has 0 amide bonds. The Morgan fingerprint density at radius 2 is 1.76 bits per heavy atom. The van der Waals surface area contributed by atoms with Gasteiger partial charge in [0.15, 0.2) is 0 Å². The first kappa shape index (κ1) is 13.3. The van der Waals surface area contributed by atoms with Gasteiger partial charge in [-0.3, -0.25) is 4.90 Å². The Kier molecular flexibility index (Phi) is 4.11. The molecule has 0 spiro atoms. The summed E-state index contributed by atoms with van der Waals surface area (Å²) in [5.41, 5.74) is -0.0149. The van der Waals surface area contributed by atoms with Gasteiger partial charge in [-0.1, -0.05) is 12.8 Å². The number of nitrogens with zero attached hydrogens (tertiary/aromatic N) is 1. The van der Waals surface area contributed by atoms with E-state index in [4.69, 9.17) is 4.74 Å². The highest BCUT2D eigenvalue weighted by atomic mass is 16.5. The van der Waals surface area contributed by atoms with E-state index in [0.29, 0.717) is 12.1 Å². The Morgan fingerprint density at radius 3 is 2.29 bits per heavy atom. The fourth-order valence-corrected chi connectivity index (χ4v) is 2.97. The molecule has 0 aromatic rings. The van der Waals surface area contributed by atoms with Crippen LogP contribution in [0.4, 0.5) is 0 Å². The molecule has 3 heteroatoms. The molecule has 1 saturated carbocycles. The summed E-state index contributed by atoms with van der Waals surface area (Å²) in [7, 11) is 2.28. The normalized spacial score (nSPS) is 31.6. The average Bonchev–Trinajstić information content (AvgIpc) is 2.13. The van der Waals surface area contributed by atoms with Gasteiger partial charge in [-0.2, -0.15) is 0 Å². The van der Waals surface area contributed by atoms with Gasteiger partial charge in [0.2, 0.25) is 0 Å². The highest BCUT2D eigenvalue weighted by Crippen LogP contribution is 2.29. The van der Waals surface area contributed by atoms with Crippen molar-refractivity contribution in [2.75, 3.05) is 20.1 Å². The first-order chi connectivity index (χ1) is 7.97. The molecule has 0 radical (unpaired) electrons. The maximum absolute atomic E-state index is 6.27. The summed E-state index contributed by atoms with van der Waals surface area (Å²) in [4.78, 5) is 2.56. The number of hydrogen-bond acceptors (Lipinski definition) is 3. The lowest BCUT2D eigenvalue weighted by atomic mass is 9.89. The van der Waals surface area contributed by atoms with Gasteiger partial charge in [0, 0.05) is 25.2 Å². The van der Waals surface area contributed by atoms with Gasteiger partial charge in [0.05, 0.1) is 11.7 Å². The number of likely N-dealkylation sites (N-methyl/N-ethyl adjacent to an activating group) is 1. The van der Waals surface area contributed by atoms with Crippen LogP contribution in [0.5, 0.6) is 0 Å². The van der Waals surface area contributed by atoms with Crippen LogP contribution in [0, 0.1) is 0 Å². The molecule has 1 aliphatic heterocycles. The molecule has 1 N–H and O–H groups in total. The van der Waals surface area contributed by atoms with Crippen LogP contribution >= 0.6 is 0 Å². The SMILES string of the molecule is CN(C1CNC1)[C@H]1CCCC[C@@H]1OC(C)(C)C. The van der Waals surface area contributed by atoms with Gasteiger partial charge in [0.25, 0.3) is 0 Å². The monoisotopic (exact) mass is 240 g/mol. The van der Waals surface area contributed by atoms with E-state index < -0.39 is 0 Å². The average molecular weight is 240 g/mol. The molecule has 2 atom stereocenters. The number of ether oxygens (including phenoxy) is 1. The molecule has 1 heterocycles. The van der Waals surface area contributed by atoms with Crippen molar-refractivity contribution >= 4 is 0 Å². The van der Waals surface area contributed by atoms with Gasteiger partial charge in [-0.05, 0) is 40.7 Å². The van der Waals surface area contributed by atoms with Crippen molar-refractivity contribution in [3.05, 3.63) is 0 Å². The topological polar surface area (TPSA) is 24.5 Å². The van der Waals surface area contributed by atoms with Crippen LogP contribution in [0.1, 0.15) is 46.5 Å². The third-order valence-corrected chi connectivity index (χ3v) is 4.03. The predicted octanol–water partition coefficient (Wildman–Crippen LogP) is 2.02. The second-order valence-electron chi connectivity index (χ2n) is 6.60. The largest absolute Gasteiger partial charge is 0.371 e. The summed E-state index contributed by atoms with van der Waals surface area (Å²) in [6.45, 7) is 8.81. The third-order valence-electron chi connectivity index (χ3n) is 4.03. The highest BCUT2D eigenvalue weighted by molar-refractivity contribution is 4.92.